The number of nitrogens with one attached hydrogen (secondary N) is 1. The highest BCUT2D eigenvalue weighted by Gasteiger charge is 2.34. The first kappa shape index (κ1) is 13.3. The molecule has 0 aromatic heterocycles. The van der Waals surface area contributed by atoms with Gasteiger partial charge >= 0.3 is 0 Å². The zero-order valence-electron chi connectivity index (χ0n) is 11.5. The molecule has 3 nitrogen and oxygen atoms in total. The summed E-state index contributed by atoms with van der Waals surface area (Å²) in [5.41, 5.74) is 0. The van der Waals surface area contributed by atoms with Crippen molar-refractivity contribution in [2.45, 2.75) is 51.1 Å². The van der Waals surface area contributed by atoms with E-state index in [1.165, 1.54) is 51.7 Å². The van der Waals surface area contributed by atoms with E-state index < -0.39 is 0 Å². The highest BCUT2D eigenvalue weighted by Crippen LogP contribution is 2.31. The van der Waals surface area contributed by atoms with Crippen LogP contribution in [0.25, 0.3) is 0 Å². The van der Waals surface area contributed by atoms with Crippen LogP contribution in [0.2, 0.25) is 0 Å². The van der Waals surface area contributed by atoms with Gasteiger partial charge in [0.1, 0.15) is 0 Å². The molecule has 0 bridgehead atoms. The minimum atomic E-state index is 0.641. The summed E-state index contributed by atoms with van der Waals surface area (Å²) in [5, 5.41) is 3.46. The van der Waals surface area contributed by atoms with Crippen LogP contribution in [0.3, 0.4) is 0 Å². The molecule has 2 rings (SSSR count). The molecule has 3 heteroatoms. The van der Waals surface area contributed by atoms with Gasteiger partial charge in [0.2, 0.25) is 0 Å². The van der Waals surface area contributed by atoms with Crippen molar-refractivity contribution in [1.29, 1.82) is 0 Å². The third kappa shape index (κ3) is 3.94. The van der Waals surface area contributed by atoms with Crippen molar-refractivity contribution in [2.75, 3.05) is 33.4 Å². The van der Waals surface area contributed by atoms with E-state index in [1.54, 1.807) is 0 Å². The van der Waals surface area contributed by atoms with Crippen molar-refractivity contribution in [2.24, 2.45) is 5.92 Å². The highest BCUT2D eigenvalue weighted by molar-refractivity contribution is 4.90. The van der Waals surface area contributed by atoms with Crippen molar-refractivity contribution >= 4 is 0 Å². The maximum absolute atomic E-state index is 5.39. The largest absolute Gasteiger partial charge is 0.383 e. The quantitative estimate of drug-likeness (QED) is 0.735. The number of rotatable bonds is 7. The Morgan fingerprint density at radius 1 is 1.24 bits per heavy atom. The second kappa shape index (κ2) is 6.72. The van der Waals surface area contributed by atoms with Crippen LogP contribution in [-0.2, 0) is 4.74 Å². The lowest BCUT2D eigenvalue weighted by atomic mass is 9.96. The second-order valence-corrected chi connectivity index (χ2v) is 5.64. The summed E-state index contributed by atoms with van der Waals surface area (Å²) in [6, 6.07) is 1.51. The van der Waals surface area contributed by atoms with Gasteiger partial charge in [0.05, 0.1) is 6.61 Å². The SMILES string of the molecule is CCC(COC)N(CC1CCNCC1)C1CC1. The third-order valence-electron chi connectivity index (χ3n) is 4.24. The molecule has 100 valence electrons. The molecule has 1 aliphatic heterocycles. The first-order valence-electron chi connectivity index (χ1n) is 7.30. The summed E-state index contributed by atoms with van der Waals surface area (Å²) in [4.78, 5) is 2.75. The van der Waals surface area contributed by atoms with E-state index in [9.17, 15) is 0 Å². The Labute approximate surface area is 106 Å². The minimum Gasteiger partial charge on any atom is -0.383 e. The molecule has 0 aromatic carbocycles. The smallest absolute Gasteiger partial charge is 0.0618 e. The van der Waals surface area contributed by atoms with E-state index in [4.69, 9.17) is 4.74 Å². The van der Waals surface area contributed by atoms with Crippen molar-refractivity contribution in [3.63, 3.8) is 0 Å². The number of hydrogen-bond acceptors (Lipinski definition) is 3. The van der Waals surface area contributed by atoms with Crippen LogP contribution in [0.15, 0.2) is 0 Å². The van der Waals surface area contributed by atoms with Crippen molar-refractivity contribution in [3.05, 3.63) is 0 Å². The van der Waals surface area contributed by atoms with Crippen LogP contribution in [0, 0.1) is 5.92 Å². The monoisotopic (exact) mass is 240 g/mol. The van der Waals surface area contributed by atoms with Crippen molar-refractivity contribution < 1.29 is 4.74 Å². The Bertz CT molecular complexity index is 212. The van der Waals surface area contributed by atoms with Gasteiger partial charge in [-0.1, -0.05) is 6.92 Å². The van der Waals surface area contributed by atoms with E-state index in [0.29, 0.717) is 6.04 Å². The second-order valence-electron chi connectivity index (χ2n) is 5.64. The number of nitrogens with zero attached hydrogens (tertiary/aromatic N) is 1. The summed E-state index contributed by atoms with van der Waals surface area (Å²) >= 11 is 0. The fourth-order valence-corrected chi connectivity index (χ4v) is 3.01. The van der Waals surface area contributed by atoms with Crippen molar-refractivity contribution in [1.82, 2.24) is 10.2 Å². The average Bonchev–Trinajstić information content (AvgIpc) is 3.19. The van der Waals surface area contributed by atoms with E-state index >= 15 is 0 Å². The van der Waals surface area contributed by atoms with Crippen LogP contribution in [0.5, 0.6) is 0 Å². The van der Waals surface area contributed by atoms with Gasteiger partial charge in [0.15, 0.2) is 0 Å². The van der Waals surface area contributed by atoms with Crippen LogP contribution < -0.4 is 5.32 Å². The topological polar surface area (TPSA) is 24.5 Å². The van der Waals surface area contributed by atoms with Crippen LogP contribution in [0.1, 0.15) is 39.0 Å². The van der Waals surface area contributed by atoms with Gasteiger partial charge < -0.3 is 10.1 Å². The fourth-order valence-electron chi connectivity index (χ4n) is 3.01. The molecular formula is C14H28N2O. The molecule has 0 amide bonds. The molecule has 1 atom stereocenters. The lowest BCUT2D eigenvalue weighted by Crippen LogP contribution is -2.44. The number of hydrogen-bond donors (Lipinski definition) is 1. The Morgan fingerprint density at radius 2 is 1.94 bits per heavy atom. The zero-order valence-corrected chi connectivity index (χ0v) is 11.5. The minimum absolute atomic E-state index is 0.641. The standard InChI is InChI=1S/C14H28N2O/c1-3-13(11-17-2)16(14-4-5-14)10-12-6-8-15-9-7-12/h12-15H,3-11H2,1-2H3. The molecule has 1 aliphatic carbocycles. The first-order valence-corrected chi connectivity index (χ1v) is 7.30. The van der Waals surface area contributed by atoms with Gasteiger partial charge in [0, 0.05) is 25.7 Å². The Balaban J connectivity index is 1.86. The van der Waals surface area contributed by atoms with E-state index in [2.05, 4.69) is 17.1 Å². The van der Waals surface area contributed by atoms with Crippen LogP contribution in [-0.4, -0.2) is 50.3 Å². The highest BCUT2D eigenvalue weighted by atomic mass is 16.5. The third-order valence-corrected chi connectivity index (χ3v) is 4.24. The van der Waals surface area contributed by atoms with Gasteiger partial charge in [-0.2, -0.15) is 0 Å². The molecule has 2 fully saturated rings. The maximum atomic E-state index is 5.39. The molecule has 0 aromatic rings. The van der Waals surface area contributed by atoms with E-state index in [-0.39, 0.29) is 0 Å². The van der Waals surface area contributed by atoms with E-state index in [1.807, 2.05) is 7.11 Å². The fraction of sp³-hybridized carbons (Fsp3) is 1.00. The van der Waals surface area contributed by atoms with E-state index in [0.717, 1.165) is 18.6 Å². The summed E-state index contributed by atoms with van der Waals surface area (Å²) in [5.74, 6) is 0.905. The Kier molecular flexibility index (Phi) is 5.26. The lowest BCUT2D eigenvalue weighted by molar-refractivity contribution is 0.0666. The molecule has 2 aliphatic rings. The normalized spacial score (nSPS) is 24.2. The average molecular weight is 240 g/mol. The lowest BCUT2D eigenvalue weighted by Gasteiger charge is -2.35. The van der Waals surface area contributed by atoms with Gasteiger partial charge in [0.25, 0.3) is 0 Å². The van der Waals surface area contributed by atoms with Crippen LogP contribution >= 0.6 is 0 Å². The van der Waals surface area contributed by atoms with Gasteiger partial charge in [-0.3, -0.25) is 4.90 Å². The summed E-state index contributed by atoms with van der Waals surface area (Å²) in [6.45, 7) is 6.92. The Morgan fingerprint density at radius 3 is 2.47 bits per heavy atom. The number of piperidine rings is 1. The molecule has 1 saturated carbocycles. The summed E-state index contributed by atoms with van der Waals surface area (Å²) in [7, 11) is 1.83. The first-order chi connectivity index (χ1) is 8.35. The predicted octanol–water partition coefficient (Wildman–Crippen LogP) is 1.88. The summed E-state index contributed by atoms with van der Waals surface area (Å²) < 4.78 is 5.39. The molecule has 1 N–H and O–H groups in total. The summed E-state index contributed by atoms with van der Waals surface area (Å²) in [6.07, 6.45) is 6.74. The Hall–Kier alpha value is -0.120. The maximum Gasteiger partial charge on any atom is 0.0618 e. The van der Waals surface area contributed by atoms with Gasteiger partial charge in [-0.25, -0.2) is 0 Å². The number of ether oxygens (including phenoxy) is 1. The number of methoxy groups -OCH3 is 1. The van der Waals surface area contributed by atoms with Gasteiger partial charge in [-0.05, 0) is 51.1 Å². The molecular weight excluding hydrogens is 212 g/mol. The molecule has 17 heavy (non-hydrogen) atoms. The zero-order chi connectivity index (χ0) is 12.1. The molecule has 0 spiro atoms. The molecule has 1 unspecified atom stereocenters. The van der Waals surface area contributed by atoms with Crippen LogP contribution in [0.4, 0.5) is 0 Å². The van der Waals surface area contributed by atoms with Crippen molar-refractivity contribution in [3.8, 4) is 0 Å². The molecule has 1 heterocycles. The molecule has 0 radical (unpaired) electrons. The molecule has 1 saturated heterocycles. The van der Waals surface area contributed by atoms with Gasteiger partial charge in [-0.15, -0.1) is 0 Å². The predicted molar refractivity (Wildman–Crippen MR) is 71.3 cm³/mol.